The summed E-state index contributed by atoms with van der Waals surface area (Å²) in [6, 6.07) is 6.64. The molecule has 1 unspecified atom stereocenters. The molecule has 2 aromatic rings. The van der Waals surface area contributed by atoms with Crippen LogP contribution in [0.5, 0.6) is 0 Å². The van der Waals surface area contributed by atoms with Gasteiger partial charge in [0.05, 0.1) is 10.4 Å². The second kappa shape index (κ2) is 5.75. The van der Waals surface area contributed by atoms with E-state index in [1.54, 1.807) is 6.07 Å². The fraction of sp³-hybridized carbons (Fsp3) is 0.167. The van der Waals surface area contributed by atoms with Gasteiger partial charge in [0, 0.05) is 4.88 Å². The van der Waals surface area contributed by atoms with Crippen molar-refractivity contribution in [3.05, 3.63) is 56.7 Å². The number of nitrogens with two attached hydrogens (primary N) is 1. The molecule has 18 heavy (non-hydrogen) atoms. The highest BCUT2D eigenvalue weighted by Gasteiger charge is 2.15. The molecule has 1 aromatic carbocycles. The number of hydrogen-bond acceptors (Lipinski definition) is 3. The number of benzene rings is 1. The van der Waals surface area contributed by atoms with Crippen LogP contribution >= 0.6 is 22.9 Å². The van der Waals surface area contributed by atoms with Crippen LogP contribution in [0.25, 0.3) is 0 Å². The lowest BCUT2D eigenvalue weighted by Gasteiger charge is -2.14. The standard InChI is InChI=1S/C12H11ClF2N2S/c13-12-4-3-11(18-12)10(17-16)6-7-5-8(14)1-2-9(7)15/h1-5,10,17H,6,16H2. The van der Waals surface area contributed by atoms with Crippen molar-refractivity contribution >= 4 is 22.9 Å². The van der Waals surface area contributed by atoms with Crippen molar-refractivity contribution in [2.75, 3.05) is 0 Å². The Balaban J connectivity index is 2.22. The van der Waals surface area contributed by atoms with Crippen LogP contribution in [0.4, 0.5) is 8.78 Å². The molecule has 0 spiro atoms. The zero-order chi connectivity index (χ0) is 13.1. The van der Waals surface area contributed by atoms with Gasteiger partial charge in [0.25, 0.3) is 0 Å². The van der Waals surface area contributed by atoms with Gasteiger partial charge >= 0.3 is 0 Å². The van der Waals surface area contributed by atoms with E-state index in [1.807, 2.05) is 6.07 Å². The van der Waals surface area contributed by atoms with Crippen LogP contribution in [0.3, 0.4) is 0 Å². The molecule has 3 N–H and O–H groups in total. The van der Waals surface area contributed by atoms with Gasteiger partial charge < -0.3 is 0 Å². The van der Waals surface area contributed by atoms with Crippen LogP contribution in [0.15, 0.2) is 30.3 Å². The summed E-state index contributed by atoms with van der Waals surface area (Å²) in [6.45, 7) is 0. The highest BCUT2D eigenvalue weighted by atomic mass is 35.5. The normalized spacial score (nSPS) is 12.7. The molecule has 2 nitrogen and oxygen atoms in total. The fourth-order valence-electron chi connectivity index (χ4n) is 1.68. The first-order valence-corrected chi connectivity index (χ1v) is 6.45. The molecule has 0 aliphatic rings. The molecule has 0 saturated carbocycles. The molecule has 0 radical (unpaired) electrons. The Morgan fingerprint density at radius 3 is 2.67 bits per heavy atom. The van der Waals surface area contributed by atoms with Crippen LogP contribution in [0.2, 0.25) is 4.34 Å². The lowest BCUT2D eigenvalue weighted by atomic mass is 10.0. The number of thiophene rings is 1. The molecule has 6 heteroatoms. The SMILES string of the molecule is NNC(Cc1cc(F)ccc1F)c1ccc(Cl)s1. The van der Waals surface area contributed by atoms with Crippen molar-refractivity contribution in [1.82, 2.24) is 5.43 Å². The summed E-state index contributed by atoms with van der Waals surface area (Å²) < 4.78 is 27.2. The maximum Gasteiger partial charge on any atom is 0.126 e. The van der Waals surface area contributed by atoms with E-state index in [1.165, 1.54) is 17.4 Å². The minimum atomic E-state index is -0.466. The van der Waals surface area contributed by atoms with Gasteiger partial charge in [-0.1, -0.05) is 11.6 Å². The molecule has 1 aromatic heterocycles. The van der Waals surface area contributed by atoms with E-state index in [0.29, 0.717) is 4.34 Å². The first kappa shape index (κ1) is 13.4. The Morgan fingerprint density at radius 1 is 1.28 bits per heavy atom. The molecule has 0 aliphatic heterocycles. The summed E-state index contributed by atoms with van der Waals surface area (Å²) >= 11 is 7.19. The van der Waals surface area contributed by atoms with E-state index in [9.17, 15) is 8.78 Å². The van der Waals surface area contributed by atoms with Gasteiger partial charge in [-0.15, -0.1) is 11.3 Å². The molecular formula is C12H11ClF2N2S. The first-order valence-electron chi connectivity index (χ1n) is 5.25. The molecule has 1 heterocycles. The second-order valence-electron chi connectivity index (χ2n) is 3.80. The van der Waals surface area contributed by atoms with Gasteiger partial charge in [0.1, 0.15) is 11.6 Å². The summed E-state index contributed by atoms with van der Waals surface area (Å²) in [6.07, 6.45) is 0.261. The van der Waals surface area contributed by atoms with E-state index >= 15 is 0 Å². The van der Waals surface area contributed by atoms with Gasteiger partial charge in [0.15, 0.2) is 0 Å². The van der Waals surface area contributed by atoms with E-state index in [2.05, 4.69) is 5.43 Å². The monoisotopic (exact) mass is 288 g/mol. The molecule has 0 fully saturated rings. The summed E-state index contributed by atoms with van der Waals surface area (Å²) in [7, 11) is 0. The fourth-order valence-corrected chi connectivity index (χ4v) is 2.80. The van der Waals surface area contributed by atoms with Crippen LogP contribution in [-0.2, 0) is 6.42 Å². The van der Waals surface area contributed by atoms with Crippen molar-refractivity contribution in [1.29, 1.82) is 0 Å². The first-order chi connectivity index (χ1) is 8.60. The topological polar surface area (TPSA) is 38.0 Å². The molecular weight excluding hydrogens is 278 g/mol. The maximum atomic E-state index is 13.5. The predicted molar refractivity (Wildman–Crippen MR) is 69.5 cm³/mol. The third-order valence-corrected chi connectivity index (χ3v) is 3.92. The van der Waals surface area contributed by atoms with Crippen molar-refractivity contribution in [2.24, 2.45) is 5.84 Å². The minimum Gasteiger partial charge on any atom is -0.271 e. The lowest BCUT2D eigenvalue weighted by Crippen LogP contribution is -2.29. The van der Waals surface area contributed by atoms with Gasteiger partial charge in [0.2, 0.25) is 0 Å². The van der Waals surface area contributed by atoms with Crippen LogP contribution < -0.4 is 11.3 Å². The molecule has 0 bridgehead atoms. The Labute approximate surface area is 112 Å². The highest BCUT2D eigenvalue weighted by Crippen LogP contribution is 2.29. The highest BCUT2D eigenvalue weighted by molar-refractivity contribution is 7.16. The summed E-state index contributed by atoms with van der Waals surface area (Å²) in [5, 5.41) is 0. The quantitative estimate of drug-likeness (QED) is 0.668. The van der Waals surface area contributed by atoms with Gasteiger partial charge in [-0.2, -0.15) is 0 Å². The Kier molecular flexibility index (Phi) is 4.29. The number of hydrazine groups is 1. The number of halogens is 3. The van der Waals surface area contributed by atoms with Gasteiger partial charge in [-0.25, -0.2) is 8.78 Å². The Bertz CT molecular complexity index is 545. The van der Waals surface area contributed by atoms with Gasteiger partial charge in [-0.3, -0.25) is 11.3 Å². The summed E-state index contributed by atoms with van der Waals surface area (Å²) in [4.78, 5) is 0.881. The van der Waals surface area contributed by atoms with E-state index in [-0.39, 0.29) is 18.0 Å². The second-order valence-corrected chi connectivity index (χ2v) is 5.55. The van der Waals surface area contributed by atoms with Crippen LogP contribution in [-0.4, -0.2) is 0 Å². The van der Waals surface area contributed by atoms with Crippen molar-refractivity contribution in [3.63, 3.8) is 0 Å². The molecule has 0 amide bonds. The molecule has 96 valence electrons. The largest absolute Gasteiger partial charge is 0.271 e. The van der Waals surface area contributed by atoms with E-state index < -0.39 is 11.6 Å². The Hall–Kier alpha value is -1.01. The number of rotatable bonds is 4. The maximum absolute atomic E-state index is 13.5. The minimum absolute atomic E-state index is 0.261. The average molecular weight is 289 g/mol. The van der Waals surface area contributed by atoms with Crippen molar-refractivity contribution in [2.45, 2.75) is 12.5 Å². The lowest BCUT2D eigenvalue weighted by molar-refractivity contribution is 0.528. The van der Waals surface area contributed by atoms with E-state index in [4.69, 9.17) is 17.4 Å². The van der Waals surface area contributed by atoms with Crippen LogP contribution in [0, 0.1) is 11.6 Å². The predicted octanol–water partition coefficient (Wildman–Crippen LogP) is 3.43. The Morgan fingerprint density at radius 2 is 2.06 bits per heavy atom. The van der Waals surface area contributed by atoms with Crippen LogP contribution in [0.1, 0.15) is 16.5 Å². The van der Waals surface area contributed by atoms with E-state index in [0.717, 1.165) is 17.0 Å². The number of hydrogen-bond donors (Lipinski definition) is 2. The third kappa shape index (κ3) is 3.05. The summed E-state index contributed by atoms with van der Waals surface area (Å²) in [5.41, 5.74) is 2.87. The van der Waals surface area contributed by atoms with Crippen molar-refractivity contribution in [3.8, 4) is 0 Å². The third-order valence-electron chi connectivity index (χ3n) is 2.57. The average Bonchev–Trinajstić information content (AvgIpc) is 2.77. The molecule has 0 saturated heterocycles. The van der Waals surface area contributed by atoms with Gasteiger partial charge in [-0.05, 0) is 42.3 Å². The van der Waals surface area contributed by atoms with Crippen molar-refractivity contribution < 1.29 is 8.78 Å². The smallest absolute Gasteiger partial charge is 0.126 e. The molecule has 0 aliphatic carbocycles. The zero-order valence-corrected chi connectivity index (χ0v) is 10.9. The summed E-state index contributed by atoms with van der Waals surface area (Å²) in [5.74, 6) is 4.54. The molecule has 2 rings (SSSR count). The number of nitrogens with one attached hydrogen (secondary N) is 1. The zero-order valence-electron chi connectivity index (χ0n) is 9.29. The molecule has 1 atom stereocenters.